The molecule has 1 aliphatic rings. The number of hydrogen-bond acceptors (Lipinski definition) is 3. The van der Waals surface area contributed by atoms with Crippen molar-refractivity contribution < 1.29 is 9.59 Å². The predicted molar refractivity (Wildman–Crippen MR) is 67.8 cm³/mol. The van der Waals surface area contributed by atoms with Crippen molar-refractivity contribution in [2.24, 2.45) is 5.92 Å². The number of Topliss-reactive ketones (excluding diaryl/α,β-unsaturated/α-hetero) is 1. The number of likely N-dealkylation sites (tertiary alicyclic amines) is 1. The number of carbonyl (C=O) groups excluding carboxylic acids is 2. The second kappa shape index (κ2) is 7.43. The van der Waals surface area contributed by atoms with Crippen LogP contribution in [0.15, 0.2) is 0 Å². The Labute approximate surface area is 104 Å². The summed E-state index contributed by atoms with van der Waals surface area (Å²) in [6.45, 7) is 6.82. The fourth-order valence-corrected chi connectivity index (χ4v) is 2.14. The van der Waals surface area contributed by atoms with Crippen molar-refractivity contribution in [1.82, 2.24) is 10.2 Å². The summed E-state index contributed by atoms with van der Waals surface area (Å²) in [6.07, 6.45) is 3.60. The SMILES string of the molecule is CCCCNC(=O)CN1CCC(=O)C(CC)C1. The molecule has 0 aromatic carbocycles. The van der Waals surface area contributed by atoms with E-state index in [1.54, 1.807) is 0 Å². The summed E-state index contributed by atoms with van der Waals surface area (Å²) in [7, 11) is 0. The Morgan fingerprint density at radius 2 is 2.24 bits per heavy atom. The van der Waals surface area contributed by atoms with Crippen molar-refractivity contribution in [2.45, 2.75) is 39.5 Å². The maximum absolute atomic E-state index is 11.6. The Hall–Kier alpha value is -0.900. The fraction of sp³-hybridized carbons (Fsp3) is 0.846. The van der Waals surface area contributed by atoms with Crippen LogP contribution >= 0.6 is 0 Å². The highest BCUT2D eigenvalue weighted by Crippen LogP contribution is 2.15. The van der Waals surface area contributed by atoms with Crippen LogP contribution in [0.25, 0.3) is 0 Å². The molecule has 4 nitrogen and oxygen atoms in total. The molecule has 1 aliphatic heterocycles. The van der Waals surface area contributed by atoms with E-state index in [4.69, 9.17) is 0 Å². The number of nitrogens with zero attached hydrogens (tertiary/aromatic N) is 1. The lowest BCUT2D eigenvalue weighted by Crippen LogP contribution is -2.45. The van der Waals surface area contributed by atoms with Gasteiger partial charge in [-0.05, 0) is 12.8 Å². The highest BCUT2D eigenvalue weighted by Gasteiger charge is 2.26. The van der Waals surface area contributed by atoms with E-state index in [2.05, 4.69) is 17.1 Å². The summed E-state index contributed by atoms with van der Waals surface area (Å²) in [6, 6.07) is 0. The molecule has 0 radical (unpaired) electrons. The van der Waals surface area contributed by atoms with Crippen molar-refractivity contribution in [2.75, 3.05) is 26.2 Å². The monoisotopic (exact) mass is 240 g/mol. The number of nitrogens with one attached hydrogen (secondary N) is 1. The molecule has 1 N–H and O–H groups in total. The first-order chi connectivity index (χ1) is 8.17. The fourth-order valence-electron chi connectivity index (χ4n) is 2.14. The summed E-state index contributed by atoms with van der Waals surface area (Å²) in [4.78, 5) is 25.3. The van der Waals surface area contributed by atoms with Crippen molar-refractivity contribution >= 4 is 11.7 Å². The lowest BCUT2D eigenvalue weighted by molar-refractivity contribution is -0.129. The van der Waals surface area contributed by atoms with Crippen LogP contribution in [-0.4, -0.2) is 42.8 Å². The van der Waals surface area contributed by atoms with Gasteiger partial charge >= 0.3 is 0 Å². The Balaban J connectivity index is 2.27. The molecule has 1 heterocycles. The maximum atomic E-state index is 11.6. The highest BCUT2D eigenvalue weighted by atomic mass is 16.2. The molecule has 1 atom stereocenters. The molecule has 0 aromatic rings. The maximum Gasteiger partial charge on any atom is 0.234 e. The van der Waals surface area contributed by atoms with Gasteiger partial charge in [-0.2, -0.15) is 0 Å². The van der Waals surface area contributed by atoms with Gasteiger partial charge in [0.15, 0.2) is 0 Å². The van der Waals surface area contributed by atoms with Gasteiger partial charge in [-0.3, -0.25) is 14.5 Å². The second-order valence-corrected chi connectivity index (χ2v) is 4.76. The largest absolute Gasteiger partial charge is 0.355 e. The lowest BCUT2D eigenvalue weighted by Gasteiger charge is -2.30. The van der Waals surface area contributed by atoms with Gasteiger partial charge in [-0.1, -0.05) is 20.3 Å². The number of rotatable bonds is 6. The highest BCUT2D eigenvalue weighted by molar-refractivity contribution is 5.83. The van der Waals surface area contributed by atoms with Crippen LogP contribution in [0.4, 0.5) is 0 Å². The third-order valence-corrected chi connectivity index (χ3v) is 3.32. The minimum Gasteiger partial charge on any atom is -0.355 e. The van der Waals surface area contributed by atoms with Gasteiger partial charge in [0.2, 0.25) is 5.91 Å². The van der Waals surface area contributed by atoms with Gasteiger partial charge in [0.25, 0.3) is 0 Å². The number of unbranched alkanes of at least 4 members (excludes halogenated alkanes) is 1. The summed E-state index contributed by atoms with van der Waals surface area (Å²) in [5, 5.41) is 2.91. The number of hydrogen-bond donors (Lipinski definition) is 1. The first kappa shape index (κ1) is 14.2. The molecule has 0 aliphatic carbocycles. The molecule has 4 heteroatoms. The molecular weight excluding hydrogens is 216 g/mol. The van der Waals surface area contributed by atoms with E-state index in [9.17, 15) is 9.59 Å². The minimum atomic E-state index is 0.0858. The summed E-state index contributed by atoms with van der Waals surface area (Å²) < 4.78 is 0. The topological polar surface area (TPSA) is 49.4 Å². The van der Waals surface area contributed by atoms with E-state index in [-0.39, 0.29) is 11.8 Å². The molecule has 0 bridgehead atoms. The van der Waals surface area contributed by atoms with Gasteiger partial charge < -0.3 is 5.32 Å². The first-order valence-electron chi connectivity index (χ1n) is 6.69. The van der Waals surface area contributed by atoms with Crippen LogP contribution in [-0.2, 0) is 9.59 Å². The summed E-state index contributed by atoms with van der Waals surface area (Å²) >= 11 is 0. The van der Waals surface area contributed by atoms with Gasteiger partial charge in [-0.15, -0.1) is 0 Å². The van der Waals surface area contributed by atoms with Crippen LogP contribution < -0.4 is 5.32 Å². The zero-order valence-electron chi connectivity index (χ0n) is 11.0. The molecule has 17 heavy (non-hydrogen) atoms. The molecule has 0 saturated carbocycles. The zero-order chi connectivity index (χ0) is 12.7. The van der Waals surface area contributed by atoms with E-state index in [0.717, 1.165) is 38.9 Å². The molecule has 1 saturated heterocycles. The standard InChI is InChI=1S/C13H24N2O2/c1-3-5-7-14-13(17)10-15-8-6-12(16)11(4-2)9-15/h11H,3-10H2,1-2H3,(H,14,17). The molecular formula is C13H24N2O2. The van der Waals surface area contributed by atoms with Crippen LogP contribution in [0, 0.1) is 5.92 Å². The molecule has 1 rings (SSSR count). The Bertz CT molecular complexity index is 266. The lowest BCUT2D eigenvalue weighted by atomic mass is 9.94. The van der Waals surface area contributed by atoms with Crippen molar-refractivity contribution in [3.63, 3.8) is 0 Å². The summed E-state index contributed by atoms with van der Waals surface area (Å²) in [5.41, 5.74) is 0. The Morgan fingerprint density at radius 1 is 1.47 bits per heavy atom. The van der Waals surface area contributed by atoms with E-state index >= 15 is 0 Å². The van der Waals surface area contributed by atoms with Crippen LogP contribution in [0.1, 0.15) is 39.5 Å². The van der Waals surface area contributed by atoms with Gasteiger partial charge in [0.1, 0.15) is 5.78 Å². The Kier molecular flexibility index (Phi) is 6.19. The average molecular weight is 240 g/mol. The quantitative estimate of drug-likeness (QED) is 0.710. The van der Waals surface area contributed by atoms with Crippen molar-refractivity contribution in [3.05, 3.63) is 0 Å². The third-order valence-electron chi connectivity index (χ3n) is 3.32. The van der Waals surface area contributed by atoms with Crippen LogP contribution in [0.5, 0.6) is 0 Å². The molecule has 98 valence electrons. The predicted octanol–water partition coefficient (Wildman–Crippen LogP) is 1.20. The number of piperidine rings is 1. The van der Waals surface area contributed by atoms with E-state index in [1.165, 1.54) is 0 Å². The molecule has 1 fully saturated rings. The second-order valence-electron chi connectivity index (χ2n) is 4.76. The van der Waals surface area contributed by atoms with Gasteiger partial charge in [0, 0.05) is 32.0 Å². The summed E-state index contributed by atoms with van der Waals surface area (Å²) in [5.74, 6) is 0.574. The Morgan fingerprint density at radius 3 is 2.88 bits per heavy atom. The normalized spacial score (nSPS) is 21.5. The smallest absolute Gasteiger partial charge is 0.234 e. The number of carbonyl (C=O) groups is 2. The molecule has 1 unspecified atom stereocenters. The molecule has 0 aromatic heterocycles. The van der Waals surface area contributed by atoms with Gasteiger partial charge in [-0.25, -0.2) is 0 Å². The van der Waals surface area contributed by atoms with Crippen molar-refractivity contribution in [1.29, 1.82) is 0 Å². The number of ketones is 1. The number of amides is 1. The van der Waals surface area contributed by atoms with Gasteiger partial charge in [0.05, 0.1) is 6.54 Å². The van der Waals surface area contributed by atoms with E-state index < -0.39 is 0 Å². The van der Waals surface area contributed by atoms with E-state index in [0.29, 0.717) is 18.7 Å². The zero-order valence-corrected chi connectivity index (χ0v) is 11.0. The molecule has 1 amide bonds. The first-order valence-corrected chi connectivity index (χ1v) is 6.69. The minimum absolute atomic E-state index is 0.0858. The third kappa shape index (κ3) is 4.86. The average Bonchev–Trinajstić information content (AvgIpc) is 2.32. The van der Waals surface area contributed by atoms with Crippen LogP contribution in [0.2, 0.25) is 0 Å². The van der Waals surface area contributed by atoms with E-state index in [1.807, 2.05) is 6.92 Å². The van der Waals surface area contributed by atoms with Crippen molar-refractivity contribution in [3.8, 4) is 0 Å². The molecule has 0 spiro atoms. The van der Waals surface area contributed by atoms with Crippen LogP contribution in [0.3, 0.4) is 0 Å².